The van der Waals surface area contributed by atoms with E-state index in [-0.39, 0.29) is 10.6 Å². The lowest BCUT2D eigenvalue weighted by Gasteiger charge is -2.05. The van der Waals surface area contributed by atoms with E-state index >= 15 is 0 Å². The maximum atomic E-state index is 11.7. The van der Waals surface area contributed by atoms with Crippen LogP contribution in [0.25, 0.3) is 27.9 Å². The Hall–Kier alpha value is -3.19. The lowest BCUT2D eigenvalue weighted by atomic mass is 10.00. The number of fused-ring (bicyclic) bond motifs is 1. The van der Waals surface area contributed by atoms with Gasteiger partial charge in [0.1, 0.15) is 11.4 Å². The summed E-state index contributed by atoms with van der Waals surface area (Å²) in [6.45, 7) is 0. The lowest BCUT2D eigenvalue weighted by Crippen LogP contribution is -1.96. The average Bonchev–Trinajstić information content (AvgIpc) is 3.01. The van der Waals surface area contributed by atoms with Gasteiger partial charge in [0.2, 0.25) is 0 Å². The van der Waals surface area contributed by atoms with Gasteiger partial charge in [-0.15, -0.1) is 5.10 Å². The molecule has 7 heteroatoms. The third kappa shape index (κ3) is 2.82. The van der Waals surface area contributed by atoms with Crippen molar-refractivity contribution in [3.05, 3.63) is 66.9 Å². The molecule has 0 fully saturated rings. The summed E-state index contributed by atoms with van der Waals surface area (Å²) >= 11 is 0. The van der Waals surface area contributed by atoms with E-state index < -0.39 is 9.84 Å². The summed E-state index contributed by atoms with van der Waals surface area (Å²) in [5, 5.41) is 18.4. The first-order valence-corrected chi connectivity index (χ1v) is 9.76. The molecular weight excluding hydrogens is 350 g/mol. The second-order valence-corrected chi connectivity index (χ2v) is 7.98. The molecule has 0 saturated heterocycles. The van der Waals surface area contributed by atoms with Gasteiger partial charge in [0, 0.05) is 23.6 Å². The Morgan fingerprint density at radius 2 is 1.58 bits per heavy atom. The van der Waals surface area contributed by atoms with Gasteiger partial charge in [0.25, 0.3) is 0 Å². The van der Waals surface area contributed by atoms with Gasteiger partial charge in [-0.25, -0.2) is 8.42 Å². The molecule has 0 unspecified atom stereocenters. The van der Waals surface area contributed by atoms with Crippen LogP contribution in [0.5, 0.6) is 5.75 Å². The van der Waals surface area contributed by atoms with Gasteiger partial charge in [-0.3, -0.25) is 0 Å². The summed E-state index contributed by atoms with van der Waals surface area (Å²) in [4.78, 5) is 0.259. The summed E-state index contributed by atoms with van der Waals surface area (Å²) in [7, 11) is -3.26. The predicted molar refractivity (Wildman–Crippen MR) is 98.6 cm³/mol. The van der Waals surface area contributed by atoms with Crippen molar-refractivity contribution >= 4 is 15.4 Å². The minimum Gasteiger partial charge on any atom is -0.508 e. The Balaban J connectivity index is 1.95. The number of rotatable bonds is 3. The van der Waals surface area contributed by atoms with Crippen molar-refractivity contribution < 1.29 is 13.5 Å². The number of benzene rings is 2. The average molecular weight is 365 g/mol. The molecule has 0 spiro atoms. The number of phenols is 1. The molecule has 0 amide bonds. The molecule has 4 aromatic rings. The monoisotopic (exact) mass is 365 g/mol. The van der Waals surface area contributed by atoms with Gasteiger partial charge in [0.05, 0.1) is 10.4 Å². The molecule has 0 bridgehead atoms. The van der Waals surface area contributed by atoms with Crippen LogP contribution < -0.4 is 0 Å². The molecule has 0 atom stereocenters. The molecule has 1 N–H and O–H groups in total. The Kier molecular flexibility index (Phi) is 3.73. The fourth-order valence-electron chi connectivity index (χ4n) is 2.87. The summed E-state index contributed by atoms with van der Waals surface area (Å²) in [5.74, 6) is 0.183. The number of aromatic nitrogens is 3. The maximum Gasteiger partial charge on any atom is 0.175 e. The number of sulfone groups is 1. The molecule has 2 aromatic carbocycles. The van der Waals surface area contributed by atoms with Crippen LogP contribution in [0.4, 0.5) is 0 Å². The van der Waals surface area contributed by atoms with Crippen LogP contribution in [-0.4, -0.2) is 34.6 Å². The van der Waals surface area contributed by atoms with E-state index in [1.807, 2.05) is 24.3 Å². The van der Waals surface area contributed by atoms with E-state index in [9.17, 15) is 13.5 Å². The van der Waals surface area contributed by atoms with Crippen molar-refractivity contribution in [2.75, 3.05) is 6.26 Å². The normalized spacial score (nSPS) is 11.7. The Labute approximate surface area is 150 Å². The standard InChI is InChI=1S/C19H15N3O3S/c1-26(24,25)16-10-6-14(7-11-16)19-18(13-4-8-15(23)9-5-13)17-3-2-12-20-22(17)21-19/h2-12,23H,1H3. The molecule has 2 heterocycles. The van der Waals surface area contributed by atoms with Gasteiger partial charge >= 0.3 is 0 Å². The summed E-state index contributed by atoms with van der Waals surface area (Å²) in [5.41, 5.74) is 4.04. The van der Waals surface area contributed by atoms with E-state index in [1.54, 1.807) is 47.2 Å². The largest absolute Gasteiger partial charge is 0.508 e. The highest BCUT2D eigenvalue weighted by atomic mass is 32.2. The Morgan fingerprint density at radius 1 is 0.923 bits per heavy atom. The molecule has 0 aliphatic heterocycles. The van der Waals surface area contributed by atoms with E-state index in [0.29, 0.717) is 5.69 Å². The zero-order valence-corrected chi connectivity index (χ0v) is 14.7. The molecule has 130 valence electrons. The predicted octanol–water partition coefficient (Wildman–Crippen LogP) is 3.17. The van der Waals surface area contributed by atoms with Gasteiger partial charge in [-0.05, 0) is 42.0 Å². The second-order valence-electron chi connectivity index (χ2n) is 5.97. The van der Waals surface area contributed by atoms with Crippen LogP contribution in [0, 0.1) is 0 Å². The molecule has 2 aromatic heterocycles. The van der Waals surface area contributed by atoms with Gasteiger partial charge < -0.3 is 5.11 Å². The first kappa shape index (κ1) is 16.3. The fourth-order valence-corrected chi connectivity index (χ4v) is 3.50. The molecule has 26 heavy (non-hydrogen) atoms. The van der Waals surface area contributed by atoms with Crippen LogP contribution in [0.1, 0.15) is 0 Å². The number of hydrogen-bond donors (Lipinski definition) is 1. The highest BCUT2D eigenvalue weighted by Gasteiger charge is 2.17. The zero-order chi connectivity index (χ0) is 18.3. The quantitative estimate of drug-likeness (QED) is 0.603. The van der Waals surface area contributed by atoms with Crippen LogP contribution in [0.3, 0.4) is 0 Å². The number of nitrogens with zero attached hydrogens (tertiary/aromatic N) is 3. The van der Waals surface area contributed by atoms with Crippen molar-refractivity contribution in [3.63, 3.8) is 0 Å². The molecule has 0 aliphatic carbocycles. The van der Waals surface area contributed by atoms with Crippen molar-refractivity contribution in [2.45, 2.75) is 4.90 Å². The molecule has 6 nitrogen and oxygen atoms in total. The van der Waals surface area contributed by atoms with Gasteiger partial charge in [-0.1, -0.05) is 24.3 Å². The third-order valence-electron chi connectivity index (χ3n) is 4.13. The third-order valence-corrected chi connectivity index (χ3v) is 5.26. The van der Waals surface area contributed by atoms with Crippen LogP contribution >= 0.6 is 0 Å². The summed E-state index contributed by atoms with van der Waals surface area (Å²) in [6.07, 6.45) is 2.83. The van der Waals surface area contributed by atoms with Crippen LogP contribution in [0.2, 0.25) is 0 Å². The first-order chi connectivity index (χ1) is 12.4. The van der Waals surface area contributed by atoms with Crippen molar-refractivity contribution in [3.8, 4) is 28.1 Å². The highest BCUT2D eigenvalue weighted by Crippen LogP contribution is 2.35. The minimum absolute atomic E-state index is 0.183. The summed E-state index contributed by atoms with van der Waals surface area (Å²) in [6, 6.07) is 17.2. The molecule has 0 aliphatic rings. The fraction of sp³-hybridized carbons (Fsp3) is 0.0526. The molecule has 0 radical (unpaired) electrons. The summed E-state index contributed by atoms with van der Waals surface area (Å²) < 4.78 is 24.9. The lowest BCUT2D eigenvalue weighted by molar-refractivity contribution is 0.475. The number of aromatic hydroxyl groups is 1. The van der Waals surface area contributed by atoms with Crippen molar-refractivity contribution in [1.29, 1.82) is 0 Å². The maximum absolute atomic E-state index is 11.7. The van der Waals surface area contributed by atoms with Crippen LogP contribution in [-0.2, 0) is 9.84 Å². The van der Waals surface area contributed by atoms with Gasteiger partial charge in [0.15, 0.2) is 9.84 Å². The molecular formula is C19H15N3O3S. The van der Waals surface area contributed by atoms with Crippen molar-refractivity contribution in [2.24, 2.45) is 0 Å². The van der Waals surface area contributed by atoms with Crippen molar-refractivity contribution in [1.82, 2.24) is 14.8 Å². The topological polar surface area (TPSA) is 84.6 Å². The smallest absolute Gasteiger partial charge is 0.175 e. The van der Waals surface area contributed by atoms with E-state index in [0.717, 1.165) is 22.2 Å². The van der Waals surface area contributed by atoms with E-state index in [2.05, 4.69) is 10.2 Å². The SMILES string of the molecule is CS(=O)(=O)c1ccc(-c2nn3ncccc3c2-c2ccc(O)cc2)cc1. The van der Waals surface area contributed by atoms with Crippen LogP contribution in [0.15, 0.2) is 71.8 Å². The minimum atomic E-state index is -3.26. The van der Waals surface area contributed by atoms with Gasteiger partial charge in [-0.2, -0.15) is 9.73 Å². The zero-order valence-electron chi connectivity index (χ0n) is 13.9. The number of phenolic OH excluding ortho intramolecular Hbond substituents is 1. The Bertz CT molecular complexity index is 1200. The van der Waals surface area contributed by atoms with E-state index in [4.69, 9.17) is 0 Å². The highest BCUT2D eigenvalue weighted by molar-refractivity contribution is 7.90. The molecule has 4 rings (SSSR count). The molecule has 0 saturated carbocycles. The van der Waals surface area contributed by atoms with E-state index in [1.165, 1.54) is 6.26 Å². The number of hydrogen-bond acceptors (Lipinski definition) is 5. The Morgan fingerprint density at radius 3 is 2.23 bits per heavy atom. The first-order valence-electron chi connectivity index (χ1n) is 7.87. The second kappa shape index (κ2) is 5.96.